The molecule has 138 valence electrons. The third-order valence-corrected chi connectivity index (χ3v) is 4.62. The van der Waals surface area contributed by atoms with Gasteiger partial charge in [0.1, 0.15) is 0 Å². The van der Waals surface area contributed by atoms with Gasteiger partial charge in [0.2, 0.25) is 5.91 Å². The van der Waals surface area contributed by atoms with E-state index < -0.39 is 0 Å². The quantitative estimate of drug-likeness (QED) is 0.522. The molecule has 2 rings (SSSR count). The number of benzene rings is 1. The normalized spacial score (nSPS) is 14.5. The number of unbranched alkanes of at least 4 members (excludes halogenated alkanes) is 2. The van der Waals surface area contributed by atoms with E-state index in [1.165, 1.54) is 0 Å². The van der Waals surface area contributed by atoms with E-state index in [0.29, 0.717) is 19.4 Å². The molecule has 1 saturated heterocycles. The molecule has 6 heteroatoms. The molecule has 0 radical (unpaired) electrons. The lowest BCUT2D eigenvalue weighted by atomic mass is 10.1. The van der Waals surface area contributed by atoms with Crippen molar-refractivity contribution in [2.24, 2.45) is 0 Å². The minimum Gasteiger partial charge on any atom is -0.466 e. The molecule has 0 spiro atoms. The summed E-state index contributed by atoms with van der Waals surface area (Å²) in [6.07, 6.45) is 3.49. The second kappa shape index (κ2) is 10.3. The summed E-state index contributed by atoms with van der Waals surface area (Å²) >= 11 is 6.04. The summed E-state index contributed by atoms with van der Waals surface area (Å²) in [5.41, 5.74) is 1.11. The Bertz CT molecular complexity index is 572. The number of halogens is 1. The van der Waals surface area contributed by atoms with Crippen molar-refractivity contribution in [1.29, 1.82) is 0 Å². The fourth-order valence-electron chi connectivity index (χ4n) is 3.00. The molecule has 0 bridgehead atoms. The number of piperazine rings is 1. The van der Waals surface area contributed by atoms with Gasteiger partial charge in [-0.2, -0.15) is 0 Å². The summed E-state index contributed by atoms with van der Waals surface area (Å²) in [7, 11) is 0. The topological polar surface area (TPSA) is 49.9 Å². The number of hydrogen-bond acceptors (Lipinski definition) is 4. The first-order valence-corrected chi connectivity index (χ1v) is 9.42. The summed E-state index contributed by atoms with van der Waals surface area (Å²) in [5, 5.41) is 0.735. The number of carbonyl (C=O) groups is 2. The predicted octanol–water partition coefficient (Wildman–Crippen LogP) is 3.50. The van der Waals surface area contributed by atoms with Crippen LogP contribution < -0.4 is 4.90 Å². The molecular weight excluding hydrogens is 340 g/mol. The molecule has 25 heavy (non-hydrogen) atoms. The Kier molecular flexibility index (Phi) is 8.06. The number of rotatable bonds is 8. The number of nitrogens with zero attached hydrogens (tertiary/aromatic N) is 2. The first kappa shape index (κ1) is 19.6. The molecule has 0 saturated carbocycles. The van der Waals surface area contributed by atoms with E-state index in [0.717, 1.165) is 56.2 Å². The molecule has 1 aromatic rings. The SMILES string of the molecule is CCOC(=O)CCCCCC(=O)N1CCN(c2cccc(Cl)c2)CC1. The van der Waals surface area contributed by atoms with Crippen molar-refractivity contribution in [2.75, 3.05) is 37.7 Å². The van der Waals surface area contributed by atoms with Gasteiger partial charge in [0.15, 0.2) is 0 Å². The third kappa shape index (κ3) is 6.58. The summed E-state index contributed by atoms with van der Waals surface area (Å²) in [6.45, 7) is 5.38. The minimum absolute atomic E-state index is 0.147. The standard InChI is InChI=1S/C19H27ClN2O3/c1-2-25-19(24)10-5-3-4-9-18(23)22-13-11-21(12-14-22)17-8-6-7-16(20)15-17/h6-8,15H,2-5,9-14H2,1H3. The first-order chi connectivity index (χ1) is 12.1. The van der Waals surface area contributed by atoms with Crippen molar-refractivity contribution in [3.8, 4) is 0 Å². The zero-order valence-electron chi connectivity index (χ0n) is 14.9. The van der Waals surface area contributed by atoms with Crippen LogP contribution in [0.4, 0.5) is 5.69 Å². The van der Waals surface area contributed by atoms with Gasteiger partial charge >= 0.3 is 5.97 Å². The average molecular weight is 367 g/mol. The van der Waals surface area contributed by atoms with Gasteiger partial charge in [-0.3, -0.25) is 9.59 Å². The summed E-state index contributed by atoms with van der Waals surface area (Å²) in [5.74, 6) is 0.0628. The number of esters is 1. The molecule has 5 nitrogen and oxygen atoms in total. The zero-order chi connectivity index (χ0) is 18.1. The number of hydrogen-bond donors (Lipinski definition) is 0. The van der Waals surface area contributed by atoms with Crippen LogP contribution in [0.2, 0.25) is 5.02 Å². The van der Waals surface area contributed by atoms with Gasteiger partial charge in [-0.15, -0.1) is 0 Å². The van der Waals surface area contributed by atoms with Gasteiger partial charge in [0.25, 0.3) is 0 Å². The summed E-state index contributed by atoms with van der Waals surface area (Å²) < 4.78 is 4.89. The van der Waals surface area contributed by atoms with E-state index in [2.05, 4.69) is 4.90 Å². The van der Waals surface area contributed by atoms with Crippen molar-refractivity contribution in [3.05, 3.63) is 29.3 Å². The first-order valence-electron chi connectivity index (χ1n) is 9.04. The molecule has 1 aliphatic heterocycles. The monoisotopic (exact) mass is 366 g/mol. The van der Waals surface area contributed by atoms with Crippen LogP contribution in [0.5, 0.6) is 0 Å². The average Bonchev–Trinajstić information content (AvgIpc) is 2.61. The number of amides is 1. The van der Waals surface area contributed by atoms with E-state index in [1.54, 1.807) is 0 Å². The van der Waals surface area contributed by atoms with Crippen molar-refractivity contribution < 1.29 is 14.3 Å². The van der Waals surface area contributed by atoms with Crippen molar-refractivity contribution >= 4 is 29.2 Å². The lowest BCUT2D eigenvalue weighted by Crippen LogP contribution is -2.48. The van der Waals surface area contributed by atoms with E-state index in [-0.39, 0.29) is 11.9 Å². The highest BCUT2D eigenvalue weighted by molar-refractivity contribution is 6.30. The maximum Gasteiger partial charge on any atom is 0.305 e. The Hall–Kier alpha value is -1.75. The van der Waals surface area contributed by atoms with Gasteiger partial charge in [0.05, 0.1) is 6.61 Å². The molecule has 1 aliphatic rings. The molecule has 0 atom stereocenters. The van der Waals surface area contributed by atoms with Gasteiger partial charge in [-0.25, -0.2) is 0 Å². The largest absolute Gasteiger partial charge is 0.466 e. The lowest BCUT2D eigenvalue weighted by molar-refractivity contribution is -0.143. The van der Waals surface area contributed by atoms with Gasteiger partial charge in [-0.05, 0) is 38.0 Å². The Labute approximate surface area is 154 Å². The third-order valence-electron chi connectivity index (χ3n) is 4.38. The maximum absolute atomic E-state index is 12.3. The molecule has 0 aromatic heterocycles. The number of ether oxygens (including phenoxy) is 1. The predicted molar refractivity (Wildman–Crippen MR) is 100.0 cm³/mol. The molecule has 1 amide bonds. The fraction of sp³-hybridized carbons (Fsp3) is 0.579. The summed E-state index contributed by atoms with van der Waals surface area (Å²) in [6, 6.07) is 7.83. The molecule has 1 aromatic carbocycles. The smallest absolute Gasteiger partial charge is 0.305 e. The minimum atomic E-state index is -0.147. The lowest BCUT2D eigenvalue weighted by Gasteiger charge is -2.36. The molecule has 1 heterocycles. The van der Waals surface area contributed by atoms with Crippen LogP contribution in [0.3, 0.4) is 0 Å². The van der Waals surface area contributed by atoms with Gasteiger partial charge in [-0.1, -0.05) is 24.1 Å². The van der Waals surface area contributed by atoms with E-state index in [1.807, 2.05) is 36.1 Å². The fourth-order valence-corrected chi connectivity index (χ4v) is 3.19. The maximum atomic E-state index is 12.3. The zero-order valence-corrected chi connectivity index (χ0v) is 15.6. The van der Waals surface area contributed by atoms with Crippen LogP contribution in [-0.2, 0) is 14.3 Å². The highest BCUT2D eigenvalue weighted by Gasteiger charge is 2.20. The molecule has 1 fully saturated rings. The Morgan fingerprint density at radius 3 is 2.48 bits per heavy atom. The highest BCUT2D eigenvalue weighted by atomic mass is 35.5. The van der Waals surface area contributed by atoms with Crippen molar-refractivity contribution in [1.82, 2.24) is 4.90 Å². The van der Waals surface area contributed by atoms with Crippen molar-refractivity contribution in [3.63, 3.8) is 0 Å². The molecule has 0 aliphatic carbocycles. The highest BCUT2D eigenvalue weighted by Crippen LogP contribution is 2.21. The van der Waals surface area contributed by atoms with E-state index in [4.69, 9.17) is 16.3 Å². The second-order valence-corrected chi connectivity index (χ2v) is 6.65. The van der Waals surface area contributed by atoms with Crippen LogP contribution in [0.15, 0.2) is 24.3 Å². The van der Waals surface area contributed by atoms with Crippen molar-refractivity contribution in [2.45, 2.75) is 39.0 Å². The van der Waals surface area contributed by atoms with Gasteiger partial charge < -0.3 is 14.5 Å². The Morgan fingerprint density at radius 2 is 1.80 bits per heavy atom. The van der Waals surface area contributed by atoms with Gasteiger partial charge in [0, 0.05) is 49.7 Å². The van der Waals surface area contributed by atoms with Crippen LogP contribution in [0.1, 0.15) is 39.0 Å². The molecule has 0 unspecified atom stereocenters. The molecular formula is C19H27ClN2O3. The summed E-state index contributed by atoms with van der Waals surface area (Å²) in [4.78, 5) is 27.7. The number of anilines is 1. The Balaban J connectivity index is 1.63. The van der Waals surface area contributed by atoms with Crippen LogP contribution in [0, 0.1) is 0 Å². The van der Waals surface area contributed by atoms with Crippen LogP contribution in [0.25, 0.3) is 0 Å². The van der Waals surface area contributed by atoms with Crippen LogP contribution >= 0.6 is 11.6 Å². The Morgan fingerprint density at radius 1 is 1.08 bits per heavy atom. The van der Waals surface area contributed by atoms with E-state index in [9.17, 15) is 9.59 Å². The molecule has 0 N–H and O–H groups in total. The van der Waals surface area contributed by atoms with E-state index >= 15 is 0 Å². The van der Waals surface area contributed by atoms with Crippen LogP contribution in [-0.4, -0.2) is 49.6 Å². The number of carbonyl (C=O) groups excluding carboxylic acids is 2. The second-order valence-electron chi connectivity index (χ2n) is 6.21.